The van der Waals surface area contributed by atoms with Crippen LogP contribution in [0, 0.1) is 5.92 Å². The van der Waals surface area contributed by atoms with Crippen LogP contribution in [0.15, 0.2) is 0 Å². The van der Waals surface area contributed by atoms with E-state index in [1.807, 2.05) is 13.8 Å². The van der Waals surface area contributed by atoms with Gasteiger partial charge in [0.1, 0.15) is 0 Å². The first-order chi connectivity index (χ1) is 7.18. The Morgan fingerprint density at radius 1 is 1.00 bits per heavy atom. The largest absolute Gasteiger partial charge is 0.356 e. The molecule has 0 saturated heterocycles. The van der Waals surface area contributed by atoms with Crippen molar-refractivity contribution >= 4 is 5.91 Å². The molecule has 0 radical (unpaired) electrons. The Hall–Kier alpha value is -0.530. The number of amides is 1. The molecule has 15 heavy (non-hydrogen) atoms. The van der Waals surface area contributed by atoms with Crippen LogP contribution in [-0.2, 0) is 4.79 Å². The summed E-state index contributed by atoms with van der Waals surface area (Å²) >= 11 is 0. The van der Waals surface area contributed by atoms with E-state index in [2.05, 4.69) is 12.2 Å². The average Bonchev–Trinajstić information content (AvgIpc) is 2.21. The van der Waals surface area contributed by atoms with E-state index in [0.717, 1.165) is 13.0 Å². The summed E-state index contributed by atoms with van der Waals surface area (Å²) < 4.78 is 0. The van der Waals surface area contributed by atoms with Gasteiger partial charge in [0.15, 0.2) is 0 Å². The molecule has 1 amide bonds. The third-order valence-corrected chi connectivity index (χ3v) is 2.60. The highest BCUT2D eigenvalue weighted by molar-refractivity contribution is 5.77. The molecule has 0 unspecified atom stereocenters. The summed E-state index contributed by atoms with van der Waals surface area (Å²) in [5, 5.41) is 2.95. The SMILES string of the molecule is CCCCCCCCCNC(=O)C(C)C. The molecular weight excluding hydrogens is 186 g/mol. The van der Waals surface area contributed by atoms with Crippen LogP contribution < -0.4 is 5.32 Å². The van der Waals surface area contributed by atoms with Crippen molar-refractivity contribution in [1.82, 2.24) is 5.32 Å². The van der Waals surface area contributed by atoms with Gasteiger partial charge in [0, 0.05) is 12.5 Å². The molecule has 0 atom stereocenters. The molecule has 0 aliphatic rings. The summed E-state index contributed by atoms with van der Waals surface area (Å²) in [6.45, 7) is 6.95. The lowest BCUT2D eigenvalue weighted by atomic mass is 10.1. The Bertz CT molecular complexity index is 155. The third kappa shape index (κ3) is 9.77. The van der Waals surface area contributed by atoms with E-state index in [0.29, 0.717) is 0 Å². The summed E-state index contributed by atoms with van der Waals surface area (Å²) in [7, 11) is 0. The topological polar surface area (TPSA) is 29.1 Å². The maximum absolute atomic E-state index is 11.2. The van der Waals surface area contributed by atoms with Crippen LogP contribution in [0.2, 0.25) is 0 Å². The molecule has 0 rings (SSSR count). The standard InChI is InChI=1S/C13H27NO/c1-4-5-6-7-8-9-10-11-14-13(15)12(2)3/h12H,4-11H2,1-3H3,(H,14,15). The molecule has 0 aliphatic heterocycles. The second kappa shape index (κ2) is 10.0. The van der Waals surface area contributed by atoms with Crippen molar-refractivity contribution in [2.75, 3.05) is 6.54 Å². The van der Waals surface area contributed by atoms with E-state index in [9.17, 15) is 4.79 Å². The van der Waals surface area contributed by atoms with Gasteiger partial charge in [0.2, 0.25) is 5.91 Å². The predicted octanol–water partition coefficient (Wildman–Crippen LogP) is 3.51. The molecule has 0 aliphatic carbocycles. The van der Waals surface area contributed by atoms with Gasteiger partial charge < -0.3 is 5.32 Å². The van der Waals surface area contributed by atoms with Crippen LogP contribution in [0.5, 0.6) is 0 Å². The normalized spacial score (nSPS) is 10.7. The Morgan fingerprint density at radius 3 is 2.07 bits per heavy atom. The number of hydrogen-bond donors (Lipinski definition) is 1. The molecule has 0 saturated carbocycles. The fourth-order valence-corrected chi connectivity index (χ4v) is 1.50. The zero-order chi connectivity index (χ0) is 11.5. The smallest absolute Gasteiger partial charge is 0.222 e. The Balaban J connectivity index is 3.08. The van der Waals surface area contributed by atoms with Gasteiger partial charge in [-0.25, -0.2) is 0 Å². The second-order valence-corrected chi connectivity index (χ2v) is 4.57. The lowest BCUT2D eigenvalue weighted by molar-refractivity contribution is -0.123. The van der Waals surface area contributed by atoms with Crippen molar-refractivity contribution < 1.29 is 4.79 Å². The van der Waals surface area contributed by atoms with Gasteiger partial charge in [0.25, 0.3) is 0 Å². The van der Waals surface area contributed by atoms with Crippen molar-refractivity contribution in [3.8, 4) is 0 Å². The summed E-state index contributed by atoms with van der Waals surface area (Å²) in [5.74, 6) is 0.301. The van der Waals surface area contributed by atoms with Crippen molar-refractivity contribution in [2.24, 2.45) is 5.92 Å². The first kappa shape index (κ1) is 14.5. The van der Waals surface area contributed by atoms with E-state index in [-0.39, 0.29) is 11.8 Å². The van der Waals surface area contributed by atoms with Gasteiger partial charge in [0.05, 0.1) is 0 Å². The molecule has 1 N–H and O–H groups in total. The maximum atomic E-state index is 11.2. The van der Waals surface area contributed by atoms with Gasteiger partial charge >= 0.3 is 0 Å². The Kier molecular flexibility index (Phi) is 9.65. The molecule has 2 heteroatoms. The minimum atomic E-state index is 0.120. The molecule has 0 spiro atoms. The molecule has 0 heterocycles. The Labute approximate surface area is 94.8 Å². The quantitative estimate of drug-likeness (QED) is 0.583. The zero-order valence-corrected chi connectivity index (χ0v) is 10.6. The fraction of sp³-hybridized carbons (Fsp3) is 0.923. The number of rotatable bonds is 9. The predicted molar refractivity (Wildman–Crippen MR) is 65.8 cm³/mol. The lowest BCUT2D eigenvalue weighted by Crippen LogP contribution is -2.28. The molecule has 0 aromatic carbocycles. The number of carbonyl (C=O) groups excluding carboxylic acids is 1. The van der Waals surface area contributed by atoms with Crippen LogP contribution in [0.4, 0.5) is 0 Å². The Morgan fingerprint density at radius 2 is 1.53 bits per heavy atom. The van der Waals surface area contributed by atoms with Crippen molar-refractivity contribution in [1.29, 1.82) is 0 Å². The van der Waals surface area contributed by atoms with E-state index < -0.39 is 0 Å². The second-order valence-electron chi connectivity index (χ2n) is 4.57. The maximum Gasteiger partial charge on any atom is 0.222 e. The van der Waals surface area contributed by atoms with Crippen LogP contribution in [0.3, 0.4) is 0 Å². The molecular formula is C13H27NO. The highest BCUT2D eigenvalue weighted by atomic mass is 16.1. The zero-order valence-electron chi connectivity index (χ0n) is 10.6. The number of nitrogens with one attached hydrogen (secondary N) is 1. The van der Waals surface area contributed by atoms with E-state index in [1.165, 1.54) is 38.5 Å². The summed E-state index contributed by atoms with van der Waals surface area (Å²) in [5.41, 5.74) is 0. The minimum absolute atomic E-state index is 0.120. The average molecular weight is 213 g/mol. The summed E-state index contributed by atoms with van der Waals surface area (Å²) in [6, 6.07) is 0. The first-order valence-corrected chi connectivity index (χ1v) is 6.46. The number of carbonyl (C=O) groups is 1. The molecule has 2 nitrogen and oxygen atoms in total. The first-order valence-electron chi connectivity index (χ1n) is 6.46. The van der Waals surface area contributed by atoms with E-state index >= 15 is 0 Å². The molecule has 0 bridgehead atoms. The summed E-state index contributed by atoms with van der Waals surface area (Å²) in [6.07, 6.45) is 9.10. The van der Waals surface area contributed by atoms with Crippen LogP contribution in [0.1, 0.15) is 65.7 Å². The van der Waals surface area contributed by atoms with E-state index in [4.69, 9.17) is 0 Å². The monoisotopic (exact) mass is 213 g/mol. The molecule has 0 aromatic heterocycles. The minimum Gasteiger partial charge on any atom is -0.356 e. The van der Waals surface area contributed by atoms with Crippen molar-refractivity contribution in [3.05, 3.63) is 0 Å². The number of hydrogen-bond acceptors (Lipinski definition) is 1. The third-order valence-electron chi connectivity index (χ3n) is 2.60. The highest BCUT2D eigenvalue weighted by Gasteiger charge is 2.04. The highest BCUT2D eigenvalue weighted by Crippen LogP contribution is 2.06. The van der Waals surface area contributed by atoms with Crippen molar-refractivity contribution in [3.63, 3.8) is 0 Å². The van der Waals surface area contributed by atoms with Crippen LogP contribution in [0.25, 0.3) is 0 Å². The van der Waals surface area contributed by atoms with Gasteiger partial charge in [-0.05, 0) is 6.42 Å². The molecule has 0 aromatic rings. The van der Waals surface area contributed by atoms with Crippen LogP contribution >= 0.6 is 0 Å². The molecule has 0 fully saturated rings. The van der Waals surface area contributed by atoms with Gasteiger partial charge in [-0.15, -0.1) is 0 Å². The van der Waals surface area contributed by atoms with Gasteiger partial charge in [-0.2, -0.15) is 0 Å². The summed E-state index contributed by atoms with van der Waals surface area (Å²) in [4.78, 5) is 11.2. The fourth-order valence-electron chi connectivity index (χ4n) is 1.50. The van der Waals surface area contributed by atoms with Crippen molar-refractivity contribution in [2.45, 2.75) is 65.7 Å². The van der Waals surface area contributed by atoms with E-state index in [1.54, 1.807) is 0 Å². The van der Waals surface area contributed by atoms with Crippen LogP contribution in [-0.4, -0.2) is 12.5 Å². The van der Waals surface area contributed by atoms with Gasteiger partial charge in [-0.3, -0.25) is 4.79 Å². The molecule has 90 valence electrons. The lowest BCUT2D eigenvalue weighted by Gasteiger charge is -2.07. The number of unbranched alkanes of at least 4 members (excludes halogenated alkanes) is 6. The van der Waals surface area contributed by atoms with Gasteiger partial charge in [-0.1, -0.05) is 59.3 Å².